The number of amides is 1. The summed E-state index contributed by atoms with van der Waals surface area (Å²) in [5, 5.41) is 3.57. The van der Waals surface area contributed by atoms with Gasteiger partial charge in [-0.3, -0.25) is 9.69 Å². The Kier molecular flexibility index (Phi) is 8.80. The molecule has 1 N–H and O–H groups in total. The summed E-state index contributed by atoms with van der Waals surface area (Å²) in [5.41, 5.74) is 3.17. The lowest BCUT2D eigenvalue weighted by Gasteiger charge is -2.39. The summed E-state index contributed by atoms with van der Waals surface area (Å²) in [6.07, 6.45) is 0.514. The Morgan fingerprint density at radius 1 is 1.03 bits per heavy atom. The van der Waals surface area contributed by atoms with Gasteiger partial charge in [0.25, 0.3) is 5.91 Å². The molecule has 4 rings (SSSR count). The maximum atomic E-state index is 12.8. The Hall–Kier alpha value is -2.58. The van der Waals surface area contributed by atoms with Crippen molar-refractivity contribution in [2.45, 2.75) is 64.7 Å². The molecular formula is C29H38F3N3O2. The van der Waals surface area contributed by atoms with Gasteiger partial charge in [0.15, 0.2) is 0 Å². The second-order valence-electron chi connectivity index (χ2n) is 10.3. The molecule has 1 aliphatic heterocycles. The van der Waals surface area contributed by atoms with Gasteiger partial charge in [-0.15, -0.1) is 0 Å². The number of benzene rings is 2. The maximum absolute atomic E-state index is 12.8. The number of nitrogens with zero attached hydrogens (tertiary/aromatic N) is 2. The van der Waals surface area contributed by atoms with Crippen LogP contribution in [0.3, 0.4) is 0 Å². The first kappa shape index (κ1) is 27.5. The molecule has 0 spiro atoms. The first-order chi connectivity index (χ1) is 17.6. The smallest absolute Gasteiger partial charge is 0.416 e. The van der Waals surface area contributed by atoms with Crippen molar-refractivity contribution in [2.24, 2.45) is 0 Å². The standard InChI is InChI=1S/C29H38F3N3O2/c1-20-21(2)27(37-19-5-14-33-25-6-4-7-25)13-12-26(20)22(3)34-15-17-35(18-16-34)28(36)23-8-10-24(11-9-23)29(30,31)32/h8-13,22,25,33H,4-7,14-19H2,1-3H3. The molecule has 1 atom stereocenters. The van der Waals surface area contributed by atoms with Crippen LogP contribution < -0.4 is 10.1 Å². The lowest BCUT2D eigenvalue weighted by molar-refractivity contribution is -0.137. The van der Waals surface area contributed by atoms with Crippen LogP contribution in [0.5, 0.6) is 5.75 Å². The molecule has 1 amide bonds. The molecule has 1 saturated heterocycles. The molecule has 1 saturated carbocycles. The number of hydrogen-bond donors (Lipinski definition) is 1. The van der Waals surface area contributed by atoms with Crippen LogP contribution in [0.15, 0.2) is 36.4 Å². The van der Waals surface area contributed by atoms with E-state index in [1.54, 1.807) is 4.90 Å². The third-order valence-electron chi connectivity index (χ3n) is 7.95. The summed E-state index contributed by atoms with van der Waals surface area (Å²) in [6.45, 7) is 10.6. The fourth-order valence-corrected chi connectivity index (χ4v) is 5.09. The van der Waals surface area contributed by atoms with Crippen LogP contribution >= 0.6 is 0 Å². The minimum Gasteiger partial charge on any atom is -0.493 e. The number of alkyl halides is 3. The number of halogens is 3. The van der Waals surface area contributed by atoms with Crippen molar-refractivity contribution >= 4 is 5.91 Å². The van der Waals surface area contributed by atoms with E-state index in [-0.39, 0.29) is 17.5 Å². The van der Waals surface area contributed by atoms with E-state index < -0.39 is 11.7 Å². The zero-order valence-corrected chi connectivity index (χ0v) is 22.0. The van der Waals surface area contributed by atoms with Gasteiger partial charge < -0.3 is 15.0 Å². The van der Waals surface area contributed by atoms with Crippen LogP contribution in [0.1, 0.15) is 71.3 Å². The van der Waals surface area contributed by atoms with E-state index in [2.05, 4.69) is 43.1 Å². The molecule has 2 aliphatic rings. The number of carbonyl (C=O) groups is 1. The molecule has 8 heteroatoms. The highest BCUT2D eigenvalue weighted by Crippen LogP contribution is 2.32. The van der Waals surface area contributed by atoms with Gasteiger partial charge in [-0.1, -0.05) is 12.5 Å². The lowest BCUT2D eigenvalue weighted by atomic mass is 9.93. The van der Waals surface area contributed by atoms with Gasteiger partial charge in [0, 0.05) is 43.8 Å². The third kappa shape index (κ3) is 6.65. The van der Waals surface area contributed by atoms with Gasteiger partial charge in [-0.05, 0) is 93.6 Å². The Bertz CT molecular complexity index is 1060. The summed E-state index contributed by atoms with van der Waals surface area (Å²) in [4.78, 5) is 16.9. The van der Waals surface area contributed by atoms with E-state index in [0.717, 1.165) is 36.4 Å². The third-order valence-corrected chi connectivity index (χ3v) is 7.95. The molecule has 1 aliphatic carbocycles. The quantitative estimate of drug-likeness (QED) is 0.430. The molecule has 0 radical (unpaired) electrons. The number of nitrogens with one attached hydrogen (secondary N) is 1. The first-order valence-electron chi connectivity index (χ1n) is 13.3. The maximum Gasteiger partial charge on any atom is 0.416 e. The van der Waals surface area contributed by atoms with Crippen molar-refractivity contribution in [1.82, 2.24) is 15.1 Å². The number of carbonyl (C=O) groups excluding carboxylic acids is 1. The van der Waals surface area contributed by atoms with E-state index in [4.69, 9.17) is 4.74 Å². The van der Waals surface area contributed by atoms with E-state index in [0.29, 0.717) is 38.8 Å². The Labute approximate surface area is 218 Å². The zero-order chi connectivity index (χ0) is 26.6. The second kappa shape index (κ2) is 11.9. The van der Waals surface area contributed by atoms with Gasteiger partial charge in [0.1, 0.15) is 5.75 Å². The van der Waals surface area contributed by atoms with Crippen LogP contribution in [0.25, 0.3) is 0 Å². The zero-order valence-electron chi connectivity index (χ0n) is 22.0. The van der Waals surface area contributed by atoms with E-state index in [9.17, 15) is 18.0 Å². The van der Waals surface area contributed by atoms with Crippen LogP contribution in [0.4, 0.5) is 13.2 Å². The van der Waals surface area contributed by atoms with Crippen molar-refractivity contribution in [1.29, 1.82) is 0 Å². The number of ether oxygens (including phenoxy) is 1. The van der Waals surface area contributed by atoms with E-state index in [1.807, 2.05) is 0 Å². The van der Waals surface area contributed by atoms with Gasteiger partial charge in [0.05, 0.1) is 12.2 Å². The van der Waals surface area contributed by atoms with Crippen molar-refractivity contribution in [2.75, 3.05) is 39.3 Å². The summed E-state index contributed by atoms with van der Waals surface area (Å²) in [7, 11) is 0. The fraction of sp³-hybridized carbons (Fsp3) is 0.552. The minimum atomic E-state index is -4.41. The molecule has 202 valence electrons. The number of hydrogen-bond acceptors (Lipinski definition) is 4. The molecule has 37 heavy (non-hydrogen) atoms. The second-order valence-corrected chi connectivity index (χ2v) is 10.3. The lowest BCUT2D eigenvalue weighted by Crippen LogP contribution is -2.49. The van der Waals surface area contributed by atoms with Crippen LogP contribution in [0.2, 0.25) is 0 Å². The van der Waals surface area contributed by atoms with Gasteiger partial charge >= 0.3 is 6.18 Å². The monoisotopic (exact) mass is 517 g/mol. The fourth-order valence-electron chi connectivity index (χ4n) is 5.09. The van der Waals surface area contributed by atoms with Crippen LogP contribution in [0, 0.1) is 13.8 Å². The predicted octanol–water partition coefficient (Wildman–Crippen LogP) is 5.75. The minimum absolute atomic E-state index is 0.183. The van der Waals surface area contributed by atoms with Gasteiger partial charge in [-0.2, -0.15) is 13.2 Å². The molecular weight excluding hydrogens is 479 g/mol. The van der Waals surface area contributed by atoms with Gasteiger partial charge in [0.2, 0.25) is 0 Å². The topological polar surface area (TPSA) is 44.8 Å². The van der Waals surface area contributed by atoms with Crippen molar-refractivity contribution in [3.05, 3.63) is 64.2 Å². The SMILES string of the molecule is Cc1c(OCCCNC2CCC2)ccc(C(C)N2CCN(C(=O)c3ccc(C(F)(F)F)cc3)CC2)c1C. The highest BCUT2D eigenvalue weighted by Gasteiger charge is 2.31. The Morgan fingerprint density at radius 2 is 1.70 bits per heavy atom. The molecule has 1 unspecified atom stereocenters. The number of piperazine rings is 1. The number of rotatable bonds is 9. The highest BCUT2D eigenvalue weighted by molar-refractivity contribution is 5.94. The summed E-state index contributed by atoms with van der Waals surface area (Å²) in [5.74, 6) is 0.710. The van der Waals surface area contributed by atoms with Gasteiger partial charge in [-0.25, -0.2) is 0 Å². The van der Waals surface area contributed by atoms with E-state index in [1.165, 1.54) is 42.5 Å². The molecule has 0 bridgehead atoms. The molecule has 0 aromatic heterocycles. The molecule has 2 fully saturated rings. The average Bonchev–Trinajstić information content (AvgIpc) is 2.86. The molecule has 2 aromatic rings. The van der Waals surface area contributed by atoms with Crippen molar-refractivity contribution < 1.29 is 22.7 Å². The van der Waals surface area contributed by atoms with Crippen LogP contribution in [-0.2, 0) is 6.18 Å². The molecule has 1 heterocycles. The molecule has 2 aromatic carbocycles. The summed E-state index contributed by atoms with van der Waals surface area (Å²) < 4.78 is 44.5. The first-order valence-corrected chi connectivity index (χ1v) is 13.3. The summed E-state index contributed by atoms with van der Waals surface area (Å²) >= 11 is 0. The normalized spacial score (nSPS) is 17.9. The van der Waals surface area contributed by atoms with E-state index >= 15 is 0 Å². The predicted molar refractivity (Wildman–Crippen MR) is 139 cm³/mol. The van der Waals surface area contributed by atoms with Crippen molar-refractivity contribution in [3.63, 3.8) is 0 Å². The summed E-state index contributed by atoms with van der Waals surface area (Å²) in [6, 6.07) is 9.57. The Balaban J connectivity index is 1.28. The molecule has 5 nitrogen and oxygen atoms in total. The Morgan fingerprint density at radius 3 is 2.30 bits per heavy atom. The highest BCUT2D eigenvalue weighted by atomic mass is 19.4. The average molecular weight is 518 g/mol. The van der Waals surface area contributed by atoms with Crippen LogP contribution in [-0.4, -0.2) is 61.1 Å². The van der Waals surface area contributed by atoms with Crippen molar-refractivity contribution in [3.8, 4) is 5.75 Å². The largest absolute Gasteiger partial charge is 0.493 e.